The number of nitrogens with one attached hydrogen (secondary N) is 1. The average molecular weight is 428 g/mol. The van der Waals surface area contributed by atoms with Gasteiger partial charge in [0.2, 0.25) is 5.95 Å². The van der Waals surface area contributed by atoms with Gasteiger partial charge in [-0.3, -0.25) is 9.78 Å². The summed E-state index contributed by atoms with van der Waals surface area (Å²) in [6.07, 6.45) is -0.841. The number of carbonyl (C=O) groups excluding carboxylic acids is 1. The lowest BCUT2D eigenvalue weighted by Gasteiger charge is -2.18. The number of carbonyl (C=O) groups is 1. The first kappa shape index (κ1) is 20.6. The molecule has 0 bridgehead atoms. The summed E-state index contributed by atoms with van der Waals surface area (Å²) in [6.45, 7) is 0.511. The Bertz CT molecular complexity index is 1120. The van der Waals surface area contributed by atoms with Gasteiger partial charge >= 0.3 is 6.18 Å². The van der Waals surface area contributed by atoms with Gasteiger partial charge in [-0.1, -0.05) is 0 Å². The molecule has 0 unspecified atom stereocenters. The van der Waals surface area contributed by atoms with Crippen LogP contribution in [-0.4, -0.2) is 41.5 Å². The van der Waals surface area contributed by atoms with Crippen molar-refractivity contribution in [3.05, 3.63) is 65.6 Å². The van der Waals surface area contributed by atoms with Crippen molar-refractivity contribution in [3.8, 4) is 0 Å². The molecule has 10 heteroatoms. The van der Waals surface area contributed by atoms with Crippen molar-refractivity contribution in [1.29, 1.82) is 0 Å². The molecule has 160 valence electrons. The zero-order valence-electron chi connectivity index (χ0n) is 16.8. The summed E-state index contributed by atoms with van der Waals surface area (Å²) < 4.78 is 39.6. The highest BCUT2D eigenvalue weighted by Gasteiger charge is 2.34. The number of nitrogens with zero attached hydrogens (tertiary/aromatic N) is 5. The Morgan fingerprint density at radius 3 is 2.65 bits per heavy atom. The molecule has 3 aromatic rings. The minimum absolute atomic E-state index is 0.138. The number of hydrogen-bond donors (Lipinski definition) is 1. The van der Waals surface area contributed by atoms with Crippen LogP contribution in [0.5, 0.6) is 0 Å². The van der Waals surface area contributed by atoms with Crippen LogP contribution in [-0.2, 0) is 12.6 Å². The number of anilines is 4. The monoisotopic (exact) mass is 428 g/mol. The van der Waals surface area contributed by atoms with Gasteiger partial charge in [0, 0.05) is 50.5 Å². The molecule has 1 N–H and O–H groups in total. The molecule has 0 aliphatic carbocycles. The van der Waals surface area contributed by atoms with Gasteiger partial charge in [-0.05, 0) is 42.3 Å². The van der Waals surface area contributed by atoms with Crippen molar-refractivity contribution < 1.29 is 18.0 Å². The van der Waals surface area contributed by atoms with Crippen molar-refractivity contribution in [2.24, 2.45) is 0 Å². The molecular weight excluding hydrogens is 409 g/mol. The number of amides is 1. The molecule has 3 heterocycles. The van der Waals surface area contributed by atoms with E-state index in [1.165, 1.54) is 11.1 Å². The highest BCUT2D eigenvalue weighted by molar-refractivity contribution is 6.07. The molecule has 1 aliphatic heterocycles. The Morgan fingerprint density at radius 2 is 1.97 bits per heavy atom. The lowest BCUT2D eigenvalue weighted by atomic mass is 10.1. The molecule has 7 nitrogen and oxygen atoms in total. The topological polar surface area (TPSA) is 74.2 Å². The van der Waals surface area contributed by atoms with E-state index >= 15 is 0 Å². The van der Waals surface area contributed by atoms with Crippen LogP contribution in [0.25, 0.3) is 0 Å². The van der Waals surface area contributed by atoms with Gasteiger partial charge in [-0.15, -0.1) is 0 Å². The molecule has 4 rings (SSSR count). The molecule has 0 radical (unpaired) electrons. The number of hydrogen-bond acceptors (Lipinski definition) is 6. The van der Waals surface area contributed by atoms with Crippen molar-refractivity contribution in [2.75, 3.05) is 35.8 Å². The minimum Gasteiger partial charge on any atom is -0.363 e. The van der Waals surface area contributed by atoms with Gasteiger partial charge in [-0.2, -0.15) is 18.2 Å². The molecule has 1 aromatic carbocycles. The second-order valence-electron chi connectivity index (χ2n) is 7.24. The van der Waals surface area contributed by atoms with E-state index in [-0.39, 0.29) is 17.7 Å². The van der Waals surface area contributed by atoms with Crippen LogP contribution < -0.4 is 15.1 Å². The molecule has 31 heavy (non-hydrogen) atoms. The largest absolute Gasteiger partial charge is 0.433 e. The molecule has 0 saturated carbocycles. The summed E-state index contributed by atoms with van der Waals surface area (Å²) in [5.74, 6) is -0.164. The summed E-state index contributed by atoms with van der Waals surface area (Å²) in [5, 5.41) is 2.85. The van der Waals surface area contributed by atoms with E-state index in [1.54, 1.807) is 55.5 Å². The summed E-state index contributed by atoms with van der Waals surface area (Å²) in [5.41, 5.74) is 1.67. The third-order valence-electron chi connectivity index (χ3n) is 4.85. The maximum absolute atomic E-state index is 13.2. The van der Waals surface area contributed by atoms with Crippen LogP contribution in [0.1, 0.15) is 21.6 Å². The van der Waals surface area contributed by atoms with Crippen LogP contribution in [0, 0.1) is 0 Å². The van der Waals surface area contributed by atoms with Gasteiger partial charge in [0.1, 0.15) is 5.82 Å². The summed E-state index contributed by atoms with van der Waals surface area (Å²) in [6, 6.07) is 9.55. The van der Waals surface area contributed by atoms with Gasteiger partial charge in [0.05, 0.1) is 5.56 Å². The fourth-order valence-electron chi connectivity index (χ4n) is 3.33. The van der Waals surface area contributed by atoms with Gasteiger partial charge < -0.3 is 15.1 Å². The van der Waals surface area contributed by atoms with Crippen LogP contribution in [0.3, 0.4) is 0 Å². The fraction of sp³-hybridized carbons (Fsp3) is 0.238. The minimum atomic E-state index is -4.59. The van der Waals surface area contributed by atoms with Crippen LogP contribution in [0.15, 0.2) is 48.8 Å². The summed E-state index contributed by atoms with van der Waals surface area (Å²) >= 11 is 0. The highest BCUT2D eigenvalue weighted by atomic mass is 19.4. The predicted octanol–water partition coefficient (Wildman–Crippen LogP) is 3.90. The Morgan fingerprint density at radius 1 is 1.16 bits per heavy atom. The quantitative estimate of drug-likeness (QED) is 0.680. The lowest BCUT2D eigenvalue weighted by Crippen LogP contribution is -2.28. The second-order valence-corrected chi connectivity index (χ2v) is 7.24. The molecule has 1 amide bonds. The van der Waals surface area contributed by atoms with E-state index in [2.05, 4.69) is 20.3 Å². The van der Waals surface area contributed by atoms with Gasteiger partial charge in [0.15, 0.2) is 5.69 Å². The van der Waals surface area contributed by atoms with Crippen molar-refractivity contribution in [3.63, 3.8) is 0 Å². The summed E-state index contributed by atoms with van der Waals surface area (Å²) in [4.78, 5) is 27.7. The van der Waals surface area contributed by atoms with Gasteiger partial charge in [-0.25, -0.2) is 4.98 Å². The molecule has 0 fully saturated rings. The molecule has 2 aromatic heterocycles. The number of alkyl halides is 3. The van der Waals surface area contributed by atoms with Crippen LogP contribution >= 0.6 is 0 Å². The van der Waals surface area contributed by atoms with Crippen molar-refractivity contribution in [2.45, 2.75) is 12.6 Å². The predicted molar refractivity (Wildman–Crippen MR) is 111 cm³/mol. The Hall–Kier alpha value is -3.69. The number of rotatable bonds is 4. The Balaban J connectivity index is 1.60. The first-order chi connectivity index (χ1) is 14.7. The smallest absolute Gasteiger partial charge is 0.363 e. The molecule has 0 saturated heterocycles. The average Bonchev–Trinajstić information content (AvgIpc) is 3.16. The maximum atomic E-state index is 13.2. The molecule has 0 atom stereocenters. The molecular formula is C21H19F3N6O. The highest BCUT2D eigenvalue weighted by Crippen LogP contribution is 2.34. The van der Waals surface area contributed by atoms with Crippen LogP contribution in [0.2, 0.25) is 0 Å². The number of fused-ring (bicyclic) bond motifs is 1. The van der Waals surface area contributed by atoms with Crippen molar-refractivity contribution in [1.82, 2.24) is 15.0 Å². The van der Waals surface area contributed by atoms with E-state index in [1.807, 2.05) is 0 Å². The first-order valence-electron chi connectivity index (χ1n) is 9.48. The number of pyridine rings is 1. The first-order valence-corrected chi connectivity index (χ1v) is 9.48. The lowest BCUT2D eigenvalue weighted by molar-refractivity contribution is -0.141. The third-order valence-corrected chi connectivity index (χ3v) is 4.85. The van der Waals surface area contributed by atoms with Gasteiger partial charge in [0.25, 0.3) is 5.91 Å². The normalized spacial score (nSPS) is 13.1. The van der Waals surface area contributed by atoms with E-state index < -0.39 is 11.9 Å². The zero-order chi connectivity index (χ0) is 22.2. The van der Waals surface area contributed by atoms with E-state index in [4.69, 9.17) is 0 Å². The fourth-order valence-corrected chi connectivity index (χ4v) is 3.33. The standard InChI is InChI=1S/C21H19F3N6O/c1-29(2)18-11-17(21(22,23)24)27-20(28-18)26-15-5-6-16-13(10-15)7-9-30(16)19(31)14-4-3-8-25-12-14/h3-6,8,10-12H,7,9H2,1-2H3,(H,26,27,28). The number of halogens is 3. The molecule has 0 spiro atoms. The second kappa shape index (κ2) is 7.86. The van der Waals surface area contributed by atoms with E-state index in [9.17, 15) is 18.0 Å². The Kier molecular flexibility index (Phi) is 5.22. The molecule has 1 aliphatic rings. The van der Waals surface area contributed by atoms with E-state index in [0.29, 0.717) is 24.2 Å². The van der Waals surface area contributed by atoms with Crippen LogP contribution in [0.4, 0.5) is 36.3 Å². The number of benzene rings is 1. The maximum Gasteiger partial charge on any atom is 0.433 e. The Labute approximate surface area is 176 Å². The number of aromatic nitrogens is 3. The third kappa shape index (κ3) is 4.27. The van der Waals surface area contributed by atoms with Crippen molar-refractivity contribution >= 4 is 29.0 Å². The van der Waals surface area contributed by atoms with E-state index in [0.717, 1.165) is 17.3 Å². The SMILES string of the molecule is CN(C)c1cc(C(F)(F)F)nc(Nc2ccc3c(c2)CCN3C(=O)c2cccnc2)n1. The summed E-state index contributed by atoms with van der Waals surface area (Å²) in [7, 11) is 3.21. The zero-order valence-corrected chi connectivity index (χ0v) is 16.8.